The molecule has 5 rings (SSSR count). The normalized spacial score (nSPS) is 19.8. The van der Waals surface area contributed by atoms with E-state index in [0.717, 1.165) is 22.3 Å². The Morgan fingerprint density at radius 3 is 2.35 bits per heavy atom. The Morgan fingerprint density at radius 1 is 0.971 bits per heavy atom. The summed E-state index contributed by atoms with van der Waals surface area (Å²) in [6, 6.07) is 24.2. The molecular formula is C28H22BrClN2O2. The van der Waals surface area contributed by atoms with Crippen LogP contribution in [0.25, 0.3) is 5.76 Å². The Morgan fingerprint density at radius 2 is 1.65 bits per heavy atom. The number of amidine groups is 1. The maximum Gasteiger partial charge on any atom is 0.161 e. The zero-order valence-electron chi connectivity index (χ0n) is 18.3. The first-order valence-corrected chi connectivity index (χ1v) is 12.3. The molecule has 4 nitrogen and oxygen atoms in total. The number of rotatable bonds is 3. The predicted molar refractivity (Wildman–Crippen MR) is 140 cm³/mol. The van der Waals surface area contributed by atoms with Crippen LogP contribution in [0.1, 0.15) is 36.3 Å². The van der Waals surface area contributed by atoms with Crippen molar-refractivity contribution in [2.24, 2.45) is 0 Å². The summed E-state index contributed by atoms with van der Waals surface area (Å²) in [6.07, 6.45) is 1.82. The highest BCUT2D eigenvalue weighted by Gasteiger charge is 2.43. The van der Waals surface area contributed by atoms with Gasteiger partial charge < -0.3 is 5.11 Å². The lowest BCUT2D eigenvalue weighted by atomic mass is 9.73. The van der Waals surface area contributed by atoms with Crippen LogP contribution in [0.15, 0.2) is 100 Å². The van der Waals surface area contributed by atoms with E-state index >= 15 is 0 Å². The summed E-state index contributed by atoms with van der Waals surface area (Å²) < 4.78 is 0.922. The number of aliphatic hydroxyl groups excluding tert-OH is 1. The molecule has 34 heavy (non-hydrogen) atoms. The molecule has 6 heteroatoms. The predicted octanol–water partition coefficient (Wildman–Crippen LogP) is 7.66. The zero-order chi connectivity index (χ0) is 23.8. The number of halogens is 2. The van der Waals surface area contributed by atoms with Gasteiger partial charge in [-0.3, -0.25) is 15.1 Å². The summed E-state index contributed by atoms with van der Waals surface area (Å²) in [5.74, 6) is -0.486. The highest BCUT2D eigenvalue weighted by atomic mass is 79.9. The molecule has 1 aliphatic heterocycles. The molecule has 0 aromatic heterocycles. The van der Waals surface area contributed by atoms with Crippen molar-refractivity contribution >= 4 is 50.6 Å². The largest absolute Gasteiger partial charge is 0.507 e. The second kappa shape index (κ2) is 9.24. The van der Waals surface area contributed by atoms with E-state index in [1.807, 2.05) is 60.7 Å². The van der Waals surface area contributed by atoms with Crippen molar-refractivity contribution < 1.29 is 9.90 Å². The molecule has 1 heterocycles. The number of nitrogens with one attached hydrogen (secondary N) is 1. The standard InChI is InChI=1S/C28H22BrClN2O2/c29-18-13-15-19(16-14-18)32-22-11-6-12-23(33)25(22)24(20-9-4-5-10-21(20)30)26(28(32)31)27(34)17-7-2-1-3-8-17/h1-5,7-10,13-16,24,31,34H,6,11-12H2/t24-/m1/s1. The van der Waals surface area contributed by atoms with Crippen LogP contribution in [-0.2, 0) is 4.79 Å². The van der Waals surface area contributed by atoms with Crippen molar-refractivity contribution in [3.05, 3.63) is 116 Å². The molecule has 0 fully saturated rings. The van der Waals surface area contributed by atoms with Gasteiger partial charge in [-0.2, -0.15) is 0 Å². The fourth-order valence-electron chi connectivity index (χ4n) is 4.84. The number of carbonyl (C=O) groups excluding carboxylic acids is 1. The van der Waals surface area contributed by atoms with E-state index in [4.69, 9.17) is 11.6 Å². The number of hydrogen-bond donors (Lipinski definition) is 2. The number of hydrogen-bond acceptors (Lipinski definition) is 3. The summed E-state index contributed by atoms with van der Waals surface area (Å²) in [6.45, 7) is 0. The van der Waals surface area contributed by atoms with Crippen LogP contribution < -0.4 is 4.90 Å². The van der Waals surface area contributed by atoms with Crippen molar-refractivity contribution in [2.75, 3.05) is 4.90 Å². The van der Waals surface area contributed by atoms with Gasteiger partial charge in [-0.1, -0.05) is 76.1 Å². The molecule has 0 radical (unpaired) electrons. The third-order valence-electron chi connectivity index (χ3n) is 6.36. The molecule has 2 N–H and O–H groups in total. The van der Waals surface area contributed by atoms with E-state index < -0.39 is 5.92 Å². The maximum atomic E-state index is 13.5. The fourth-order valence-corrected chi connectivity index (χ4v) is 5.35. The van der Waals surface area contributed by atoms with Gasteiger partial charge in [0.05, 0.1) is 0 Å². The van der Waals surface area contributed by atoms with E-state index in [-0.39, 0.29) is 17.4 Å². The molecule has 0 saturated carbocycles. The van der Waals surface area contributed by atoms with Gasteiger partial charge in [0, 0.05) is 49.9 Å². The van der Waals surface area contributed by atoms with Gasteiger partial charge in [-0.25, -0.2) is 0 Å². The van der Waals surface area contributed by atoms with Crippen molar-refractivity contribution in [1.29, 1.82) is 5.41 Å². The quantitative estimate of drug-likeness (QED) is 0.340. The van der Waals surface area contributed by atoms with Crippen molar-refractivity contribution in [3.8, 4) is 0 Å². The Hall–Kier alpha value is -3.15. The number of carbonyl (C=O) groups is 1. The number of anilines is 1. The van der Waals surface area contributed by atoms with Gasteiger partial charge >= 0.3 is 0 Å². The van der Waals surface area contributed by atoms with Gasteiger partial charge in [-0.15, -0.1) is 0 Å². The Bertz CT molecular complexity index is 1350. The summed E-state index contributed by atoms with van der Waals surface area (Å²) in [7, 11) is 0. The minimum absolute atomic E-state index is 0.0254. The van der Waals surface area contributed by atoms with Crippen molar-refractivity contribution in [1.82, 2.24) is 0 Å². The number of aliphatic hydroxyl groups is 1. The molecule has 2 aliphatic rings. The van der Waals surface area contributed by atoms with Gasteiger partial charge in [0.2, 0.25) is 0 Å². The number of nitrogens with zero attached hydrogens (tertiary/aromatic N) is 1. The molecule has 3 aromatic rings. The van der Waals surface area contributed by atoms with Crippen molar-refractivity contribution in [3.63, 3.8) is 0 Å². The molecule has 3 aromatic carbocycles. The second-order valence-corrected chi connectivity index (χ2v) is 9.70. The van der Waals surface area contributed by atoms with E-state index in [1.54, 1.807) is 23.1 Å². The molecule has 0 spiro atoms. The maximum absolute atomic E-state index is 13.5. The van der Waals surface area contributed by atoms with Crippen LogP contribution in [0, 0.1) is 5.41 Å². The Kier molecular flexibility index (Phi) is 6.15. The number of Topliss-reactive ketones (excluding diaryl/α,β-unsaturated/α-hetero) is 1. The highest BCUT2D eigenvalue weighted by Crippen LogP contribution is 2.49. The van der Waals surface area contributed by atoms with Crippen molar-refractivity contribution in [2.45, 2.75) is 25.2 Å². The van der Waals surface area contributed by atoms with E-state index in [2.05, 4.69) is 15.9 Å². The van der Waals surface area contributed by atoms with Gasteiger partial charge in [0.25, 0.3) is 0 Å². The smallest absolute Gasteiger partial charge is 0.161 e. The summed E-state index contributed by atoms with van der Waals surface area (Å²) in [5, 5.41) is 21.4. The average Bonchev–Trinajstić information content (AvgIpc) is 2.85. The molecule has 0 amide bonds. The monoisotopic (exact) mass is 532 g/mol. The lowest BCUT2D eigenvalue weighted by Gasteiger charge is -2.42. The van der Waals surface area contributed by atoms with Gasteiger partial charge in [0.15, 0.2) is 5.78 Å². The van der Waals surface area contributed by atoms with Crippen LogP contribution in [0.2, 0.25) is 5.02 Å². The number of allylic oxidation sites excluding steroid dienone is 2. The highest BCUT2D eigenvalue weighted by molar-refractivity contribution is 9.10. The van der Waals surface area contributed by atoms with Crippen LogP contribution >= 0.6 is 27.5 Å². The average molecular weight is 534 g/mol. The summed E-state index contributed by atoms with van der Waals surface area (Å²) in [4.78, 5) is 15.3. The number of benzene rings is 3. The second-order valence-electron chi connectivity index (χ2n) is 8.38. The van der Waals surface area contributed by atoms with Crippen LogP contribution in [0.3, 0.4) is 0 Å². The lowest BCUT2D eigenvalue weighted by molar-refractivity contribution is -0.116. The van der Waals surface area contributed by atoms with E-state index in [9.17, 15) is 15.3 Å². The van der Waals surface area contributed by atoms with Crippen LogP contribution in [0.5, 0.6) is 0 Å². The first-order valence-electron chi connectivity index (χ1n) is 11.1. The SMILES string of the molecule is N=C1C(=C(O)c2ccccc2)[C@H](c2ccccc2Cl)C2=C(CCCC2=O)N1c1ccc(Br)cc1. The fraction of sp³-hybridized carbons (Fsp3) is 0.143. The molecular weight excluding hydrogens is 512 g/mol. The third-order valence-corrected chi connectivity index (χ3v) is 7.23. The molecule has 0 unspecified atom stereocenters. The Balaban J connectivity index is 1.84. The third kappa shape index (κ3) is 3.89. The first-order chi connectivity index (χ1) is 16.5. The summed E-state index contributed by atoms with van der Waals surface area (Å²) in [5.41, 5.74) is 3.85. The lowest BCUT2D eigenvalue weighted by Crippen LogP contribution is -2.42. The Labute approximate surface area is 211 Å². The molecule has 0 saturated heterocycles. The van der Waals surface area contributed by atoms with E-state index in [0.29, 0.717) is 40.1 Å². The molecule has 1 atom stereocenters. The van der Waals surface area contributed by atoms with Crippen LogP contribution in [-0.4, -0.2) is 16.7 Å². The van der Waals surface area contributed by atoms with Gasteiger partial charge in [0.1, 0.15) is 11.6 Å². The molecule has 1 aliphatic carbocycles. The molecule has 0 bridgehead atoms. The van der Waals surface area contributed by atoms with Gasteiger partial charge in [-0.05, 0) is 48.7 Å². The first kappa shape index (κ1) is 22.6. The minimum atomic E-state index is -0.629. The minimum Gasteiger partial charge on any atom is -0.507 e. The molecule has 170 valence electrons. The number of ketones is 1. The topological polar surface area (TPSA) is 64.4 Å². The zero-order valence-corrected chi connectivity index (χ0v) is 20.6. The summed E-state index contributed by atoms with van der Waals surface area (Å²) >= 11 is 10.1. The van der Waals surface area contributed by atoms with Crippen LogP contribution in [0.4, 0.5) is 5.69 Å². The van der Waals surface area contributed by atoms with E-state index in [1.165, 1.54) is 0 Å².